The summed E-state index contributed by atoms with van der Waals surface area (Å²) in [6, 6.07) is 1.95. The van der Waals surface area contributed by atoms with Crippen molar-refractivity contribution in [3.05, 3.63) is 11.8 Å². The van der Waals surface area contributed by atoms with Crippen LogP contribution in [0.25, 0.3) is 0 Å². The second-order valence-electron chi connectivity index (χ2n) is 5.00. The highest BCUT2D eigenvalue weighted by Crippen LogP contribution is 2.21. The standard InChI is InChI=1S/C13H20ClN3O/c1-10-5-11(2)8-17(7-10)9-12(6-15)13(18)16-4-3-14/h9-11H,3-5,7-8H2,1-2H3,(H,16,18)/b12-9-. The minimum absolute atomic E-state index is 0.154. The Morgan fingerprint density at radius 2 is 2.11 bits per heavy atom. The molecular weight excluding hydrogens is 250 g/mol. The summed E-state index contributed by atoms with van der Waals surface area (Å²) in [5.41, 5.74) is 0.154. The Bertz CT molecular complexity index is 352. The van der Waals surface area contributed by atoms with Crippen molar-refractivity contribution in [3.63, 3.8) is 0 Å². The van der Waals surface area contributed by atoms with Crippen LogP contribution in [0.3, 0.4) is 0 Å². The first-order chi connectivity index (χ1) is 8.56. The third kappa shape index (κ3) is 4.58. The molecule has 2 unspecified atom stereocenters. The molecule has 0 bridgehead atoms. The van der Waals surface area contributed by atoms with E-state index < -0.39 is 0 Å². The summed E-state index contributed by atoms with van der Waals surface area (Å²) in [6.45, 7) is 6.56. The first-order valence-electron chi connectivity index (χ1n) is 6.27. The lowest BCUT2D eigenvalue weighted by molar-refractivity contribution is -0.117. The molecule has 4 nitrogen and oxygen atoms in total. The molecule has 1 heterocycles. The predicted molar refractivity (Wildman–Crippen MR) is 71.9 cm³/mol. The van der Waals surface area contributed by atoms with Gasteiger partial charge in [-0.15, -0.1) is 11.6 Å². The molecule has 1 rings (SSSR count). The van der Waals surface area contributed by atoms with Gasteiger partial charge in [-0.1, -0.05) is 13.8 Å². The van der Waals surface area contributed by atoms with E-state index in [0.29, 0.717) is 24.3 Å². The number of hydrogen-bond acceptors (Lipinski definition) is 3. The normalized spacial score (nSPS) is 24.6. The third-order valence-corrected chi connectivity index (χ3v) is 3.14. The van der Waals surface area contributed by atoms with Crippen molar-refractivity contribution in [2.75, 3.05) is 25.5 Å². The summed E-state index contributed by atoms with van der Waals surface area (Å²) in [6.07, 6.45) is 2.88. The van der Waals surface area contributed by atoms with Crippen LogP contribution < -0.4 is 5.32 Å². The molecular formula is C13H20ClN3O. The lowest BCUT2D eigenvalue weighted by Crippen LogP contribution is -2.36. The Balaban J connectivity index is 2.66. The van der Waals surface area contributed by atoms with Crippen molar-refractivity contribution in [3.8, 4) is 6.07 Å². The molecule has 0 aromatic rings. The van der Waals surface area contributed by atoms with Gasteiger partial charge in [-0.3, -0.25) is 4.79 Å². The number of piperidine rings is 1. The van der Waals surface area contributed by atoms with Gasteiger partial charge in [0.1, 0.15) is 11.6 Å². The van der Waals surface area contributed by atoms with Crippen molar-refractivity contribution in [1.82, 2.24) is 10.2 Å². The first-order valence-corrected chi connectivity index (χ1v) is 6.80. The highest BCUT2D eigenvalue weighted by Gasteiger charge is 2.21. The van der Waals surface area contributed by atoms with Gasteiger partial charge in [0.05, 0.1) is 0 Å². The van der Waals surface area contributed by atoms with Crippen LogP contribution in [-0.4, -0.2) is 36.3 Å². The minimum atomic E-state index is -0.343. The number of hydrogen-bond donors (Lipinski definition) is 1. The summed E-state index contributed by atoms with van der Waals surface area (Å²) in [5.74, 6) is 1.19. The summed E-state index contributed by atoms with van der Waals surface area (Å²) < 4.78 is 0. The summed E-state index contributed by atoms with van der Waals surface area (Å²) in [5, 5.41) is 11.6. The van der Waals surface area contributed by atoms with Crippen LogP contribution in [-0.2, 0) is 4.79 Å². The SMILES string of the molecule is CC1CC(C)CN(/C=C(/C#N)C(=O)NCCCl)C1. The highest BCUT2D eigenvalue weighted by atomic mass is 35.5. The molecule has 0 aromatic heterocycles. The predicted octanol–water partition coefficient (Wildman–Crippen LogP) is 1.73. The van der Waals surface area contributed by atoms with Crippen LogP contribution in [0, 0.1) is 23.2 Å². The van der Waals surface area contributed by atoms with Gasteiger partial charge in [-0.25, -0.2) is 0 Å². The van der Waals surface area contributed by atoms with E-state index >= 15 is 0 Å². The van der Waals surface area contributed by atoms with E-state index in [1.165, 1.54) is 6.42 Å². The van der Waals surface area contributed by atoms with Crippen LogP contribution in [0.4, 0.5) is 0 Å². The molecule has 0 saturated carbocycles. The number of rotatable bonds is 4. The van der Waals surface area contributed by atoms with Gasteiger partial charge in [0.25, 0.3) is 5.91 Å². The van der Waals surface area contributed by atoms with E-state index in [4.69, 9.17) is 16.9 Å². The van der Waals surface area contributed by atoms with Crippen LogP contribution in [0.2, 0.25) is 0 Å². The number of likely N-dealkylation sites (tertiary alicyclic amines) is 1. The maximum atomic E-state index is 11.7. The minimum Gasteiger partial charge on any atom is -0.376 e. The molecule has 2 atom stereocenters. The molecule has 0 aliphatic carbocycles. The Morgan fingerprint density at radius 3 is 2.61 bits per heavy atom. The van der Waals surface area contributed by atoms with E-state index in [2.05, 4.69) is 24.1 Å². The molecule has 1 aliphatic heterocycles. The lowest BCUT2D eigenvalue weighted by atomic mass is 9.92. The number of nitriles is 1. The monoisotopic (exact) mass is 269 g/mol. The van der Waals surface area contributed by atoms with Crippen LogP contribution in [0.15, 0.2) is 11.8 Å². The number of nitrogens with one attached hydrogen (secondary N) is 1. The summed E-state index contributed by atoms with van der Waals surface area (Å²) in [4.78, 5) is 13.7. The van der Waals surface area contributed by atoms with E-state index in [-0.39, 0.29) is 11.5 Å². The Kier molecular flexibility index (Phi) is 6.00. The molecule has 1 saturated heterocycles. The molecule has 1 fully saturated rings. The molecule has 1 N–H and O–H groups in total. The Labute approximate surface area is 114 Å². The molecule has 0 spiro atoms. The molecule has 5 heteroatoms. The molecule has 18 heavy (non-hydrogen) atoms. The smallest absolute Gasteiger partial charge is 0.263 e. The first kappa shape index (κ1) is 14.8. The number of alkyl halides is 1. The van der Waals surface area contributed by atoms with Crippen molar-refractivity contribution in [2.45, 2.75) is 20.3 Å². The van der Waals surface area contributed by atoms with Crippen LogP contribution >= 0.6 is 11.6 Å². The van der Waals surface area contributed by atoms with Crippen molar-refractivity contribution < 1.29 is 4.79 Å². The third-order valence-electron chi connectivity index (χ3n) is 2.95. The lowest BCUT2D eigenvalue weighted by Gasteiger charge is -2.34. The largest absolute Gasteiger partial charge is 0.376 e. The fourth-order valence-electron chi connectivity index (χ4n) is 2.39. The van der Waals surface area contributed by atoms with Gasteiger partial charge >= 0.3 is 0 Å². The van der Waals surface area contributed by atoms with Gasteiger partial charge in [0, 0.05) is 31.7 Å². The number of halogens is 1. The van der Waals surface area contributed by atoms with E-state index in [1.807, 2.05) is 6.07 Å². The van der Waals surface area contributed by atoms with Gasteiger partial charge < -0.3 is 10.2 Å². The second kappa shape index (κ2) is 7.27. The van der Waals surface area contributed by atoms with Gasteiger partial charge in [0.2, 0.25) is 0 Å². The van der Waals surface area contributed by atoms with Crippen LogP contribution in [0.5, 0.6) is 0 Å². The average Bonchev–Trinajstić information content (AvgIpc) is 2.31. The van der Waals surface area contributed by atoms with Crippen molar-refractivity contribution in [2.24, 2.45) is 11.8 Å². The van der Waals surface area contributed by atoms with E-state index in [0.717, 1.165) is 13.1 Å². The average molecular weight is 270 g/mol. The van der Waals surface area contributed by atoms with Gasteiger partial charge in [0.15, 0.2) is 0 Å². The number of carbonyl (C=O) groups excluding carboxylic acids is 1. The van der Waals surface area contributed by atoms with E-state index in [1.54, 1.807) is 6.20 Å². The zero-order valence-corrected chi connectivity index (χ0v) is 11.7. The maximum absolute atomic E-state index is 11.7. The number of nitrogens with zero attached hydrogens (tertiary/aromatic N) is 2. The maximum Gasteiger partial charge on any atom is 0.263 e. The summed E-state index contributed by atoms with van der Waals surface area (Å²) in [7, 11) is 0. The number of carbonyl (C=O) groups is 1. The van der Waals surface area contributed by atoms with Gasteiger partial charge in [-0.2, -0.15) is 5.26 Å². The van der Waals surface area contributed by atoms with Crippen molar-refractivity contribution >= 4 is 17.5 Å². The Morgan fingerprint density at radius 1 is 1.50 bits per heavy atom. The topological polar surface area (TPSA) is 56.1 Å². The second-order valence-corrected chi connectivity index (χ2v) is 5.38. The van der Waals surface area contributed by atoms with Crippen molar-refractivity contribution in [1.29, 1.82) is 5.26 Å². The summed E-state index contributed by atoms with van der Waals surface area (Å²) >= 11 is 5.50. The molecule has 100 valence electrons. The van der Waals surface area contributed by atoms with Gasteiger partial charge in [-0.05, 0) is 18.3 Å². The van der Waals surface area contributed by atoms with Crippen LogP contribution in [0.1, 0.15) is 20.3 Å². The fraction of sp³-hybridized carbons (Fsp3) is 0.692. The molecule has 1 aliphatic rings. The fourth-order valence-corrected chi connectivity index (χ4v) is 2.49. The Hall–Kier alpha value is -1.21. The zero-order valence-electron chi connectivity index (χ0n) is 10.9. The molecule has 0 radical (unpaired) electrons. The van der Waals surface area contributed by atoms with E-state index in [9.17, 15) is 4.79 Å². The molecule has 1 amide bonds. The zero-order chi connectivity index (χ0) is 13.5. The molecule has 0 aromatic carbocycles. The quantitative estimate of drug-likeness (QED) is 0.480. The number of amides is 1. The highest BCUT2D eigenvalue weighted by molar-refractivity contribution is 6.18.